The van der Waals surface area contributed by atoms with Crippen LogP contribution in [0.5, 0.6) is 0 Å². The smallest absolute Gasteiger partial charge is 0.237 e. The zero-order valence-electron chi connectivity index (χ0n) is 13.0. The Kier molecular flexibility index (Phi) is 5.49. The van der Waals surface area contributed by atoms with Gasteiger partial charge in [0.25, 0.3) is 0 Å². The maximum Gasteiger partial charge on any atom is 0.237 e. The third-order valence-corrected chi connectivity index (χ3v) is 5.03. The number of amides is 1. The van der Waals surface area contributed by atoms with E-state index >= 15 is 0 Å². The number of hydrogen-bond acceptors (Lipinski definition) is 4. The first-order chi connectivity index (χ1) is 10.3. The number of nitrogens with zero attached hydrogens (tertiary/aromatic N) is 1. The minimum absolute atomic E-state index is 0.0524. The summed E-state index contributed by atoms with van der Waals surface area (Å²) in [6, 6.07) is 0.0524. The van der Waals surface area contributed by atoms with E-state index in [-0.39, 0.29) is 11.9 Å². The van der Waals surface area contributed by atoms with Gasteiger partial charge in [-0.1, -0.05) is 0 Å². The fourth-order valence-electron chi connectivity index (χ4n) is 3.84. The van der Waals surface area contributed by atoms with Crippen LogP contribution in [0.1, 0.15) is 38.5 Å². The normalized spacial score (nSPS) is 34.2. The highest BCUT2D eigenvalue weighted by atomic mass is 16.5. The lowest BCUT2D eigenvalue weighted by Crippen LogP contribution is -2.46. The van der Waals surface area contributed by atoms with E-state index in [0.717, 1.165) is 45.6 Å². The molecule has 3 rings (SSSR count). The van der Waals surface area contributed by atoms with Crippen molar-refractivity contribution in [3.8, 4) is 0 Å². The number of ether oxygens (including phenoxy) is 1. The number of piperidine rings is 1. The predicted molar refractivity (Wildman–Crippen MR) is 82.2 cm³/mol. The van der Waals surface area contributed by atoms with Crippen LogP contribution in [0.2, 0.25) is 0 Å². The molecule has 3 fully saturated rings. The van der Waals surface area contributed by atoms with Crippen molar-refractivity contribution in [1.82, 2.24) is 15.5 Å². The van der Waals surface area contributed by atoms with Crippen molar-refractivity contribution in [1.29, 1.82) is 0 Å². The molecule has 3 aliphatic rings. The molecule has 3 atom stereocenters. The van der Waals surface area contributed by atoms with E-state index < -0.39 is 0 Å². The molecule has 3 aliphatic heterocycles. The molecule has 3 unspecified atom stereocenters. The lowest BCUT2D eigenvalue weighted by molar-refractivity contribution is -0.123. The summed E-state index contributed by atoms with van der Waals surface area (Å²) in [6.07, 6.45) is 7.46. The molecule has 1 amide bonds. The standard InChI is InChI=1S/C16H29N3O2/c20-16(15-6-1-7-17-15)18-10-13-4-2-8-19(11-13)12-14-5-3-9-21-14/h13-15,17H,1-12H2,(H,18,20). The Balaban J connectivity index is 1.37. The van der Waals surface area contributed by atoms with Gasteiger partial charge < -0.3 is 20.3 Å². The zero-order chi connectivity index (χ0) is 14.5. The molecule has 5 heteroatoms. The quantitative estimate of drug-likeness (QED) is 0.786. The highest BCUT2D eigenvalue weighted by molar-refractivity contribution is 5.81. The third kappa shape index (κ3) is 4.41. The molecule has 0 aromatic heterocycles. The zero-order valence-corrected chi connectivity index (χ0v) is 13.0. The van der Waals surface area contributed by atoms with Crippen molar-refractivity contribution < 1.29 is 9.53 Å². The van der Waals surface area contributed by atoms with Crippen molar-refractivity contribution in [3.63, 3.8) is 0 Å². The van der Waals surface area contributed by atoms with Crippen LogP contribution in [0.4, 0.5) is 0 Å². The summed E-state index contributed by atoms with van der Waals surface area (Å²) < 4.78 is 5.74. The van der Waals surface area contributed by atoms with Crippen LogP contribution in [0.25, 0.3) is 0 Å². The van der Waals surface area contributed by atoms with Gasteiger partial charge in [0.05, 0.1) is 12.1 Å². The van der Waals surface area contributed by atoms with Gasteiger partial charge in [0.2, 0.25) is 5.91 Å². The van der Waals surface area contributed by atoms with Crippen LogP contribution in [0, 0.1) is 5.92 Å². The number of carbonyl (C=O) groups is 1. The van der Waals surface area contributed by atoms with Crippen LogP contribution < -0.4 is 10.6 Å². The summed E-state index contributed by atoms with van der Waals surface area (Å²) in [6.45, 7) is 6.13. The Morgan fingerprint density at radius 3 is 2.95 bits per heavy atom. The first-order valence-electron chi connectivity index (χ1n) is 8.66. The lowest BCUT2D eigenvalue weighted by atomic mass is 9.97. The Labute approximate surface area is 127 Å². The SMILES string of the molecule is O=C(NCC1CCCN(CC2CCCO2)C1)C1CCCN1. The van der Waals surface area contributed by atoms with Gasteiger partial charge in [-0.2, -0.15) is 0 Å². The summed E-state index contributed by atoms with van der Waals surface area (Å²) in [4.78, 5) is 14.6. The molecular formula is C16H29N3O2. The second kappa shape index (κ2) is 7.56. The molecule has 3 heterocycles. The van der Waals surface area contributed by atoms with E-state index in [1.807, 2.05) is 0 Å². The number of likely N-dealkylation sites (tertiary alicyclic amines) is 1. The van der Waals surface area contributed by atoms with Gasteiger partial charge in [0, 0.05) is 26.2 Å². The highest BCUT2D eigenvalue weighted by Gasteiger charge is 2.26. The first kappa shape index (κ1) is 15.3. The fraction of sp³-hybridized carbons (Fsp3) is 0.938. The first-order valence-corrected chi connectivity index (χ1v) is 8.66. The fourth-order valence-corrected chi connectivity index (χ4v) is 3.84. The average molecular weight is 295 g/mol. The molecule has 3 saturated heterocycles. The van der Waals surface area contributed by atoms with Gasteiger partial charge in [-0.3, -0.25) is 4.79 Å². The molecule has 2 N–H and O–H groups in total. The molecular weight excluding hydrogens is 266 g/mol. The molecule has 5 nitrogen and oxygen atoms in total. The van der Waals surface area contributed by atoms with Crippen LogP contribution in [0.15, 0.2) is 0 Å². The van der Waals surface area contributed by atoms with Crippen LogP contribution in [-0.4, -0.2) is 62.3 Å². The molecule has 0 spiro atoms. The molecule has 0 saturated carbocycles. The molecule has 120 valence electrons. The molecule has 0 aliphatic carbocycles. The topological polar surface area (TPSA) is 53.6 Å². The van der Waals surface area contributed by atoms with Crippen molar-refractivity contribution in [2.45, 2.75) is 50.7 Å². The van der Waals surface area contributed by atoms with E-state index in [4.69, 9.17) is 4.74 Å². The molecule has 0 aromatic rings. The second-order valence-electron chi connectivity index (χ2n) is 6.80. The number of carbonyl (C=O) groups excluding carboxylic acids is 1. The van der Waals surface area contributed by atoms with Gasteiger partial charge >= 0.3 is 0 Å². The Morgan fingerprint density at radius 2 is 2.19 bits per heavy atom. The largest absolute Gasteiger partial charge is 0.377 e. The number of hydrogen-bond donors (Lipinski definition) is 2. The van der Waals surface area contributed by atoms with Crippen molar-refractivity contribution in [2.75, 3.05) is 39.3 Å². The Hall–Kier alpha value is -0.650. The van der Waals surface area contributed by atoms with Crippen molar-refractivity contribution >= 4 is 5.91 Å². The van der Waals surface area contributed by atoms with Crippen molar-refractivity contribution in [2.24, 2.45) is 5.92 Å². The summed E-state index contributed by atoms with van der Waals surface area (Å²) >= 11 is 0. The van der Waals surface area contributed by atoms with Crippen LogP contribution in [0.3, 0.4) is 0 Å². The van der Waals surface area contributed by atoms with E-state index in [2.05, 4.69) is 15.5 Å². The summed E-state index contributed by atoms with van der Waals surface area (Å²) in [5.74, 6) is 0.800. The maximum atomic E-state index is 12.0. The highest BCUT2D eigenvalue weighted by Crippen LogP contribution is 2.19. The molecule has 0 bridgehead atoms. The monoisotopic (exact) mass is 295 g/mol. The second-order valence-corrected chi connectivity index (χ2v) is 6.80. The third-order valence-electron chi connectivity index (χ3n) is 5.03. The van der Waals surface area contributed by atoms with Gasteiger partial charge in [0.15, 0.2) is 0 Å². The molecule has 21 heavy (non-hydrogen) atoms. The molecule has 0 aromatic carbocycles. The Morgan fingerprint density at radius 1 is 1.24 bits per heavy atom. The van der Waals surface area contributed by atoms with E-state index in [0.29, 0.717) is 12.0 Å². The minimum Gasteiger partial charge on any atom is -0.377 e. The molecule has 0 radical (unpaired) electrons. The van der Waals surface area contributed by atoms with Gasteiger partial charge in [-0.25, -0.2) is 0 Å². The summed E-state index contributed by atoms with van der Waals surface area (Å²) in [5.41, 5.74) is 0. The predicted octanol–water partition coefficient (Wildman–Crippen LogP) is 0.746. The van der Waals surface area contributed by atoms with Gasteiger partial charge in [-0.05, 0) is 57.5 Å². The summed E-state index contributed by atoms with van der Waals surface area (Å²) in [7, 11) is 0. The van der Waals surface area contributed by atoms with Gasteiger partial charge in [-0.15, -0.1) is 0 Å². The van der Waals surface area contributed by atoms with Crippen LogP contribution in [-0.2, 0) is 9.53 Å². The average Bonchev–Trinajstić information content (AvgIpc) is 3.18. The number of rotatable bonds is 5. The Bertz CT molecular complexity index is 338. The van der Waals surface area contributed by atoms with E-state index in [9.17, 15) is 4.79 Å². The lowest BCUT2D eigenvalue weighted by Gasteiger charge is -2.34. The van der Waals surface area contributed by atoms with E-state index in [1.54, 1.807) is 0 Å². The maximum absolute atomic E-state index is 12.0. The van der Waals surface area contributed by atoms with Crippen molar-refractivity contribution in [3.05, 3.63) is 0 Å². The summed E-state index contributed by atoms with van der Waals surface area (Å²) in [5, 5.41) is 6.41. The van der Waals surface area contributed by atoms with Crippen LogP contribution >= 0.6 is 0 Å². The minimum atomic E-state index is 0.0524. The van der Waals surface area contributed by atoms with Gasteiger partial charge in [0.1, 0.15) is 0 Å². The van der Waals surface area contributed by atoms with E-state index in [1.165, 1.54) is 32.2 Å². The number of nitrogens with one attached hydrogen (secondary N) is 2.